The summed E-state index contributed by atoms with van der Waals surface area (Å²) in [4.78, 5) is 41.7. The molecule has 0 saturated carbocycles. The van der Waals surface area contributed by atoms with Gasteiger partial charge in [0.2, 0.25) is 0 Å². The van der Waals surface area contributed by atoms with Gasteiger partial charge in [-0.3, -0.25) is 9.59 Å². The number of benzene rings is 1. The summed E-state index contributed by atoms with van der Waals surface area (Å²) in [5.74, 6) is -3.15. The van der Waals surface area contributed by atoms with Crippen LogP contribution in [0.25, 0.3) is 0 Å². The summed E-state index contributed by atoms with van der Waals surface area (Å²) in [5, 5.41) is 5.42. The Morgan fingerprint density at radius 2 is 1.78 bits per heavy atom. The van der Waals surface area contributed by atoms with Crippen LogP contribution in [0.15, 0.2) is 64.3 Å². The Kier molecular flexibility index (Phi) is 8.09. The molecule has 1 aromatic heterocycles. The Balaban J connectivity index is 1.91. The second kappa shape index (κ2) is 11.2. The summed E-state index contributed by atoms with van der Waals surface area (Å²) in [6, 6.07) is 11.8. The molecule has 1 aliphatic heterocycles. The van der Waals surface area contributed by atoms with Crippen molar-refractivity contribution in [2.45, 2.75) is 58.8 Å². The highest BCUT2D eigenvalue weighted by Crippen LogP contribution is 2.49. The van der Waals surface area contributed by atoms with E-state index in [-0.39, 0.29) is 24.9 Å². The molecule has 0 fully saturated rings. The highest BCUT2D eigenvalue weighted by molar-refractivity contribution is 7.10. The molecule has 4 rings (SSSR count). The van der Waals surface area contributed by atoms with E-state index in [1.54, 1.807) is 13.8 Å². The summed E-state index contributed by atoms with van der Waals surface area (Å²) in [5.41, 5.74) is 4.39. The first-order valence-corrected chi connectivity index (χ1v) is 13.5. The lowest BCUT2D eigenvalue weighted by Crippen LogP contribution is -2.43. The van der Waals surface area contributed by atoms with Gasteiger partial charge in [0, 0.05) is 33.7 Å². The van der Waals surface area contributed by atoms with Crippen molar-refractivity contribution in [3.63, 3.8) is 0 Å². The number of esters is 2. The zero-order valence-corrected chi connectivity index (χ0v) is 22.1. The van der Waals surface area contributed by atoms with Crippen molar-refractivity contribution in [2.24, 2.45) is 5.92 Å². The lowest BCUT2D eigenvalue weighted by atomic mass is 9.68. The second-order valence-corrected chi connectivity index (χ2v) is 10.1. The van der Waals surface area contributed by atoms with Gasteiger partial charge in [-0.05, 0) is 50.6 Å². The molecule has 0 radical (unpaired) electrons. The molecular weight excluding hydrogens is 474 g/mol. The maximum Gasteiger partial charge on any atom is 0.336 e. The van der Waals surface area contributed by atoms with Crippen LogP contribution in [0.4, 0.5) is 0 Å². The van der Waals surface area contributed by atoms with Gasteiger partial charge in [0.05, 0.1) is 18.8 Å². The van der Waals surface area contributed by atoms with Gasteiger partial charge in [-0.25, -0.2) is 4.79 Å². The smallest absolute Gasteiger partial charge is 0.336 e. The SMILES string of the molecule is CCCC1=C(C(=O)OCC)[C@@H](c2ccc(C)cc2)C2=C(C[C@@H](c3cccs3)[C@@H](C(=O)OCC)C2=O)N1. The third kappa shape index (κ3) is 4.89. The monoisotopic (exact) mass is 507 g/mol. The van der Waals surface area contributed by atoms with Crippen LogP contribution in [-0.2, 0) is 23.9 Å². The van der Waals surface area contributed by atoms with E-state index < -0.39 is 23.8 Å². The van der Waals surface area contributed by atoms with E-state index in [4.69, 9.17) is 9.47 Å². The Hall–Kier alpha value is -3.19. The minimum absolute atomic E-state index is 0.194. The Morgan fingerprint density at radius 1 is 1.06 bits per heavy atom. The zero-order valence-electron chi connectivity index (χ0n) is 21.3. The van der Waals surface area contributed by atoms with Gasteiger partial charge >= 0.3 is 11.9 Å². The molecule has 0 bridgehead atoms. The molecule has 0 spiro atoms. The van der Waals surface area contributed by atoms with Crippen molar-refractivity contribution in [3.05, 3.63) is 80.3 Å². The number of ketones is 1. The average molecular weight is 508 g/mol. The van der Waals surface area contributed by atoms with Crippen molar-refractivity contribution in [2.75, 3.05) is 13.2 Å². The van der Waals surface area contributed by atoms with Gasteiger partial charge in [0.1, 0.15) is 5.92 Å². The fourth-order valence-electron chi connectivity index (χ4n) is 5.21. The van der Waals surface area contributed by atoms with Crippen LogP contribution in [0.1, 0.15) is 67.9 Å². The Labute approximate surface area is 216 Å². The maximum atomic E-state index is 14.3. The molecule has 2 aliphatic rings. The van der Waals surface area contributed by atoms with E-state index in [0.717, 1.165) is 33.8 Å². The molecule has 7 heteroatoms. The zero-order chi connectivity index (χ0) is 25.8. The van der Waals surface area contributed by atoms with E-state index in [1.807, 2.05) is 48.7 Å². The van der Waals surface area contributed by atoms with Crippen LogP contribution in [0, 0.1) is 12.8 Å². The van der Waals surface area contributed by atoms with Crippen molar-refractivity contribution < 1.29 is 23.9 Å². The summed E-state index contributed by atoms with van der Waals surface area (Å²) in [7, 11) is 0. The van der Waals surface area contributed by atoms with Crippen LogP contribution in [0.3, 0.4) is 0 Å². The molecule has 1 aromatic carbocycles. The molecule has 3 atom stereocenters. The largest absolute Gasteiger partial charge is 0.465 e. The molecule has 36 heavy (non-hydrogen) atoms. The normalized spacial score (nSPS) is 21.7. The van der Waals surface area contributed by atoms with Gasteiger partial charge in [0.25, 0.3) is 0 Å². The molecule has 2 aromatic rings. The molecular formula is C29H33NO5S. The Bertz CT molecular complexity index is 1190. The molecule has 1 aliphatic carbocycles. The van der Waals surface area contributed by atoms with Gasteiger partial charge in [-0.2, -0.15) is 0 Å². The number of aryl methyl sites for hydroxylation is 1. The second-order valence-electron chi connectivity index (χ2n) is 9.14. The quantitative estimate of drug-likeness (QED) is 0.373. The van der Waals surface area contributed by atoms with Crippen LogP contribution in [-0.4, -0.2) is 30.9 Å². The van der Waals surface area contributed by atoms with E-state index in [2.05, 4.69) is 12.2 Å². The van der Waals surface area contributed by atoms with Crippen LogP contribution >= 0.6 is 11.3 Å². The van der Waals surface area contributed by atoms with E-state index >= 15 is 0 Å². The predicted molar refractivity (Wildman–Crippen MR) is 139 cm³/mol. The molecule has 1 N–H and O–H groups in total. The third-order valence-corrected chi connectivity index (χ3v) is 7.76. The number of dihydropyridines is 1. The fourth-order valence-corrected chi connectivity index (χ4v) is 6.07. The molecule has 0 amide bonds. The molecule has 0 saturated heterocycles. The van der Waals surface area contributed by atoms with Gasteiger partial charge in [0.15, 0.2) is 5.78 Å². The minimum atomic E-state index is -0.965. The number of Topliss-reactive ketones (excluding diaryl/α,β-unsaturated/α-hetero) is 1. The van der Waals surface area contributed by atoms with E-state index in [0.29, 0.717) is 24.0 Å². The molecule has 2 heterocycles. The summed E-state index contributed by atoms with van der Waals surface area (Å²) >= 11 is 1.54. The Morgan fingerprint density at radius 3 is 2.39 bits per heavy atom. The lowest BCUT2D eigenvalue weighted by molar-refractivity contribution is -0.152. The first-order chi connectivity index (χ1) is 17.4. The van der Waals surface area contributed by atoms with E-state index in [1.165, 1.54) is 11.3 Å². The molecule has 6 nitrogen and oxygen atoms in total. The number of hydrogen-bond donors (Lipinski definition) is 1. The predicted octanol–water partition coefficient (Wildman–Crippen LogP) is 5.55. The van der Waals surface area contributed by atoms with Crippen LogP contribution < -0.4 is 5.32 Å². The standard InChI is InChI=1S/C29H33NO5S/c1-5-9-20-26(29(33)35-7-3)23(18-13-11-17(4)12-14-18)25-21(30-20)16-19(22-10-8-15-36-22)24(27(25)31)28(32)34-6-2/h8,10-15,19,23-24,30H,5-7,9,16H2,1-4H3/t19-,23-,24+/m0/s1. The summed E-state index contributed by atoms with van der Waals surface area (Å²) in [6.45, 7) is 7.99. The fraction of sp³-hybridized carbons (Fsp3) is 0.414. The number of hydrogen-bond acceptors (Lipinski definition) is 7. The van der Waals surface area contributed by atoms with Gasteiger partial charge in [-0.1, -0.05) is 49.2 Å². The van der Waals surface area contributed by atoms with Gasteiger partial charge in [-0.15, -0.1) is 11.3 Å². The maximum absolute atomic E-state index is 14.3. The number of carbonyl (C=O) groups is 3. The van der Waals surface area contributed by atoms with E-state index in [9.17, 15) is 14.4 Å². The van der Waals surface area contributed by atoms with Crippen molar-refractivity contribution in [1.29, 1.82) is 0 Å². The molecule has 190 valence electrons. The minimum Gasteiger partial charge on any atom is -0.465 e. The molecule has 0 unspecified atom stereocenters. The number of thiophene rings is 1. The number of allylic oxidation sites excluding steroid dienone is 3. The van der Waals surface area contributed by atoms with Gasteiger partial charge < -0.3 is 14.8 Å². The summed E-state index contributed by atoms with van der Waals surface area (Å²) < 4.78 is 10.9. The number of nitrogens with one attached hydrogen (secondary N) is 1. The van der Waals surface area contributed by atoms with Crippen molar-refractivity contribution in [3.8, 4) is 0 Å². The highest BCUT2D eigenvalue weighted by atomic mass is 32.1. The van der Waals surface area contributed by atoms with Crippen molar-refractivity contribution >= 4 is 29.1 Å². The number of rotatable bonds is 8. The first-order valence-electron chi connectivity index (χ1n) is 12.6. The van der Waals surface area contributed by atoms with Crippen LogP contribution in [0.2, 0.25) is 0 Å². The topological polar surface area (TPSA) is 81.7 Å². The number of ether oxygens (including phenoxy) is 2. The average Bonchev–Trinajstić information content (AvgIpc) is 3.39. The summed E-state index contributed by atoms with van der Waals surface area (Å²) in [6.07, 6.45) is 1.95. The lowest BCUT2D eigenvalue weighted by Gasteiger charge is -2.39. The van der Waals surface area contributed by atoms with Crippen LogP contribution in [0.5, 0.6) is 0 Å². The highest BCUT2D eigenvalue weighted by Gasteiger charge is 2.49. The first kappa shape index (κ1) is 25.9. The van der Waals surface area contributed by atoms with Crippen molar-refractivity contribution in [1.82, 2.24) is 5.32 Å². The number of carbonyl (C=O) groups excluding carboxylic acids is 3. The third-order valence-electron chi connectivity index (χ3n) is 6.76.